The van der Waals surface area contributed by atoms with Crippen molar-refractivity contribution in [2.45, 2.75) is 53.0 Å². The molecule has 0 radical (unpaired) electrons. The number of furan rings is 1. The Morgan fingerprint density at radius 1 is 1.32 bits per heavy atom. The summed E-state index contributed by atoms with van der Waals surface area (Å²) in [7, 11) is 1.65. The van der Waals surface area contributed by atoms with Gasteiger partial charge in [0.1, 0.15) is 17.1 Å². The molecule has 4 heteroatoms. The van der Waals surface area contributed by atoms with Crippen LogP contribution >= 0.6 is 0 Å². The molecule has 4 nitrogen and oxygen atoms in total. The van der Waals surface area contributed by atoms with Crippen molar-refractivity contribution >= 4 is 22.4 Å². The lowest BCUT2D eigenvalue weighted by molar-refractivity contribution is -0.129. The molecule has 1 saturated heterocycles. The Morgan fingerprint density at radius 2 is 2.08 bits per heavy atom. The van der Waals surface area contributed by atoms with Gasteiger partial charge in [0.15, 0.2) is 0 Å². The SMILES string of the molecule is COc1cc2oc(C)c(C)c2cc1/C(C)=C/C(=O)N1CCCCC1C. The maximum atomic E-state index is 12.7. The lowest BCUT2D eigenvalue weighted by Gasteiger charge is -2.32. The van der Waals surface area contributed by atoms with Gasteiger partial charge in [0.2, 0.25) is 5.91 Å². The average molecular weight is 341 g/mol. The van der Waals surface area contributed by atoms with E-state index < -0.39 is 0 Å². The number of carbonyl (C=O) groups excluding carboxylic acids is 1. The summed E-state index contributed by atoms with van der Waals surface area (Å²) in [5, 5.41) is 1.07. The van der Waals surface area contributed by atoms with E-state index in [9.17, 15) is 4.79 Å². The maximum Gasteiger partial charge on any atom is 0.247 e. The first kappa shape index (κ1) is 17.6. The Balaban J connectivity index is 1.98. The topological polar surface area (TPSA) is 42.7 Å². The van der Waals surface area contributed by atoms with Crippen LogP contribution in [-0.4, -0.2) is 30.5 Å². The van der Waals surface area contributed by atoms with Crippen molar-refractivity contribution < 1.29 is 13.9 Å². The first-order chi connectivity index (χ1) is 11.9. The van der Waals surface area contributed by atoms with Crippen LogP contribution in [0.15, 0.2) is 22.6 Å². The molecule has 1 aromatic heterocycles. The van der Waals surface area contributed by atoms with E-state index in [1.165, 1.54) is 6.42 Å². The number of benzene rings is 1. The summed E-state index contributed by atoms with van der Waals surface area (Å²) in [5.74, 6) is 1.73. The predicted molar refractivity (Wildman–Crippen MR) is 101 cm³/mol. The van der Waals surface area contributed by atoms with Gasteiger partial charge in [-0.3, -0.25) is 4.79 Å². The highest BCUT2D eigenvalue weighted by atomic mass is 16.5. The largest absolute Gasteiger partial charge is 0.496 e. The van der Waals surface area contributed by atoms with Crippen molar-refractivity contribution in [3.05, 3.63) is 35.1 Å². The number of fused-ring (bicyclic) bond motifs is 1. The molecule has 2 heterocycles. The molecule has 0 saturated carbocycles. The van der Waals surface area contributed by atoms with Crippen LogP contribution in [0.25, 0.3) is 16.5 Å². The molecule has 1 aliphatic rings. The van der Waals surface area contributed by atoms with Crippen molar-refractivity contribution in [3.8, 4) is 5.75 Å². The van der Waals surface area contributed by atoms with Gasteiger partial charge in [0.25, 0.3) is 0 Å². The minimum Gasteiger partial charge on any atom is -0.496 e. The third-order valence-electron chi connectivity index (χ3n) is 5.35. The molecular weight excluding hydrogens is 314 g/mol. The van der Waals surface area contributed by atoms with E-state index in [-0.39, 0.29) is 5.91 Å². The van der Waals surface area contributed by atoms with Crippen molar-refractivity contribution in [1.82, 2.24) is 4.90 Å². The summed E-state index contributed by atoms with van der Waals surface area (Å²) in [6, 6.07) is 4.29. The number of methoxy groups -OCH3 is 1. The van der Waals surface area contributed by atoms with Gasteiger partial charge in [0, 0.05) is 35.7 Å². The molecule has 134 valence electrons. The maximum absolute atomic E-state index is 12.7. The molecular formula is C21H27NO3. The molecule has 25 heavy (non-hydrogen) atoms. The van der Waals surface area contributed by atoms with E-state index in [1.807, 2.05) is 24.8 Å². The van der Waals surface area contributed by atoms with Crippen LogP contribution < -0.4 is 4.74 Å². The van der Waals surface area contributed by atoms with Gasteiger partial charge in [-0.25, -0.2) is 0 Å². The van der Waals surface area contributed by atoms with Crippen molar-refractivity contribution in [2.75, 3.05) is 13.7 Å². The summed E-state index contributed by atoms with van der Waals surface area (Å²) in [6.45, 7) is 8.96. The molecule has 0 bridgehead atoms. The Bertz CT molecular complexity index is 831. The summed E-state index contributed by atoms with van der Waals surface area (Å²) >= 11 is 0. The van der Waals surface area contributed by atoms with E-state index in [4.69, 9.17) is 9.15 Å². The quantitative estimate of drug-likeness (QED) is 0.749. The van der Waals surface area contributed by atoms with Gasteiger partial charge >= 0.3 is 0 Å². The second-order valence-electron chi connectivity index (χ2n) is 7.04. The number of hydrogen-bond acceptors (Lipinski definition) is 3. The van der Waals surface area contributed by atoms with Gasteiger partial charge in [-0.2, -0.15) is 0 Å². The van der Waals surface area contributed by atoms with E-state index in [2.05, 4.69) is 19.9 Å². The standard InChI is InChI=1S/C21H27NO3/c1-13(10-21(23)22-9-7-6-8-14(22)2)17-11-18-15(3)16(4)25-20(18)12-19(17)24-5/h10-12,14H,6-9H2,1-5H3/b13-10+. The lowest BCUT2D eigenvalue weighted by atomic mass is 10.0. The molecule has 0 aliphatic carbocycles. The molecule has 1 aliphatic heterocycles. The molecule has 1 aromatic carbocycles. The summed E-state index contributed by atoms with van der Waals surface area (Å²) in [6.07, 6.45) is 5.12. The Labute approximate surface area is 149 Å². The van der Waals surface area contributed by atoms with Gasteiger partial charge in [0.05, 0.1) is 7.11 Å². The van der Waals surface area contributed by atoms with Gasteiger partial charge in [-0.05, 0) is 64.2 Å². The fraction of sp³-hybridized carbons (Fsp3) is 0.476. The van der Waals surface area contributed by atoms with E-state index >= 15 is 0 Å². The number of aryl methyl sites for hydroxylation is 2. The van der Waals surface area contributed by atoms with Crippen LogP contribution in [0.5, 0.6) is 5.75 Å². The third-order valence-corrected chi connectivity index (χ3v) is 5.35. The molecule has 1 amide bonds. The Hall–Kier alpha value is -2.23. The Morgan fingerprint density at radius 3 is 2.76 bits per heavy atom. The van der Waals surface area contributed by atoms with Crippen LogP contribution in [0.3, 0.4) is 0 Å². The summed E-state index contributed by atoms with van der Waals surface area (Å²) in [5.41, 5.74) is 3.80. The molecule has 1 unspecified atom stereocenters. The minimum atomic E-state index is 0.0898. The van der Waals surface area contributed by atoms with Gasteiger partial charge in [-0.15, -0.1) is 0 Å². The van der Waals surface area contributed by atoms with Crippen LogP contribution in [0.4, 0.5) is 0 Å². The van der Waals surface area contributed by atoms with Gasteiger partial charge in [-0.1, -0.05) is 0 Å². The number of likely N-dealkylation sites (tertiary alicyclic amines) is 1. The predicted octanol–water partition coefficient (Wildman–Crippen LogP) is 4.86. The average Bonchev–Trinajstić information content (AvgIpc) is 2.87. The van der Waals surface area contributed by atoms with Crippen molar-refractivity contribution in [1.29, 1.82) is 0 Å². The fourth-order valence-electron chi connectivity index (χ4n) is 3.62. The highest BCUT2D eigenvalue weighted by Crippen LogP contribution is 2.35. The second-order valence-corrected chi connectivity index (χ2v) is 7.04. The number of rotatable bonds is 3. The van der Waals surface area contributed by atoms with Crippen LogP contribution in [0, 0.1) is 13.8 Å². The van der Waals surface area contributed by atoms with Crippen molar-refractivity contribution in [2.24, 2.45) is 0 Å². The number of ether oxygens (including phenoxy) is 1. The number of carbonyl (C=O) groups is 1. The number of allylic oxidation sites excluding steroid dienone is 1. The van der Waals surface area contributed by atoms with Gasteiger partial charge < -0.3 is 14.1 Å². The van der Waals surface area contributed by atoms with E-state index in [1.54, 1.807) is 13.2 Å². The first-order valence-corrected chi connectivity index (χ1v) is 8.99. The number of hydrogen-bond donors (Lipinski definition) is 0. The molecule has 1 fully saturated rings. The fourth-order valence-corrected chi connectivity index (χ4v) is 3.62. The zero-order valence-corrected chi connectivity index (χ0v) is 15.8. The zero-order valence-electron chi connectivity index (χ0n) is 15.8. The van der Waals surface area contributed by atoms with Crippen LogP contribution in [0.2, 0.25) is 0 Å². The molecule has 1 atom stereocenters. The van der Waals surface area contributed by atoms with E-state index in [0.29, 0.717) is 6.04 Å². The highest BCUT2D eigenvalue weighted by Gasteiger charge is 2.22. The molecule has 0 N–H and O–H groups in total. The number of amides is 1. The molecule has 2 aromatic rings. The summed E-state index contributed by atoms with van der Waals surface area (Å²) in [4.78, 5) is 14.7. The summed E-state index contributed by atoms with van der Waals surface area (Å²) < 4.78 is 11.3. The van der Waals surface area contributed by atoms with Crippen LogP contribution in [0.1, 0.15) is 50.0 Å². The Kier molecular flexibility index (Phi) is 4.89. The first-order valence-electron chi connectivity index (χ1n) is 8.99. The number of nitrogens with zero attached hydrogens (tertiary/aromatic N) is 1. The molecule has 3 rings (SSSR count). The lowest BCUT2D eigenvalue weighted by Crippen LogP contribution is -2.41. The normalized spacial score (nSPS) is 18.7. The minimum absolute atomic E-state index is 0.0898. The number of piperidine rings is 1. The van der Waals surface area contributed by atoms with Crippen LogP contribution in [-0.2, 0) is 4.79 Å². The highest BCUT2D eigenvalue weighted by molar-refractivity contribution is 5.97. The second kappa shape index (κ2) is 6.95. The third kappa shape index (κ3) is 3.30. The zero-order chi connectivity index (χ0) is 18.1. The van der Waals surface area contributed by atoms with E-state index in [0.717, 1.165) is 58.6 Å². The molecule has 0 spiro atoms. The smallest absolute Gasteiger partial charge is 0.247 e. The van der Waals surface area contributed by atoms with Crippen molar-refractivity contribution in [3.63, 3.8) is 0 Å². The monoisotopic (exact) mass is 341 g/mol.